The van der Waals surface area contributed by atoms with E-state index in [0.29, 0.717) is 25.9 Å². The van der Waals surface area contributed by atoms with Gasteiger partial charge < -0.3 is 10.2 Å². The van der Waals surface area contributed by atoms with Gasteiger partial charge in [-0.1, -0.05) is 0 Å². The summed E-state index contributed by atoms with van der Waals surface area (Å²) < 4.78 is 0. The second kappa shape index (κ2) is 4.56. The Morgan fingerprint density at radius 1 is 1.33 bits per heavy atom. The minimum Gasteiger partial charge on any atom is -0.341 e. The van der Waals surface area contributed by atoms with E-state index >= 15 is 0 Å². The van der Waals surface area contributed by atoms with Gasteiger partial charge in [-0.25, -0.2) is 4.79 Å². The van der Waals surface area contributed by atoms with Gasteiger partial charge in [-0.15, -0.1) is 0 Å². The molecule has 0 aromatic rings. The molecule has 2 rings (SSSR count). The lowest BCUT2D eigenvalue weighted by Crippen LogP contribution is -2.48. The number of rotatable bonds is 1. The van der Waals surface area contributed by atoms with Gasteiger partial charge in [-0.05, 0) is 12.8 Å². The number of hydroxylamine groups is 2. The molecular weight excluding hydrogens is 238 g/mol. The standard InChI is InChI=1S/C11H17N3O4/c1-12-10(17)13-5-3-11(4-6-13)7-8(15)14(18-2)9(11)16/h3-7H2,1-2H3,(H,12,17). The predicted molar refractivity (Wildman–Crippen MR) is 61.2 cm³/mol. The average Bonchev–Trinajstić information content (AvgIpc) is 2.61. The van der Waals surface area contributed by atoms with Crippen molar-refractivity contribution in [1.29, 1.82) is 0 Å². The van der Waals surface area contributed by atoms with Crippen LogP contribution in [0.25, 0.3) is 0 Å². The SMILES string of the molecule is CNC(=O)N1CCC2(CC1)CC(=O)N(OC)C2=O. The van der Waals surface area contributed by atoms with Crippen LogP contribution in [0.15, 0.2) is 0 Å². The lowest BCUT2D eigenvalue weighted by Gasteiger charge is -2.36. The van der Waals surface area contributed by atoms with Gasteiger partial charge in [0.2, 0.25) is 0 Å². The van der Waals surface area contributed by atoms with E-state index in [9.17, 15) is 14.4 Å². The van der Waals surface area contributed by atoms with E-state index in [1.54, 1.807) is 11.9 Å². The molecule has 100 valence electrons. The number of imide groups is 1. The van der Waals surface area contributed by atoms with E-state index in [1.165, 1.54) is 7.11 Å². The molecular formula is C11H17N3O4. The van der Waals surface area contributed by atoms with Crippen molar-refractivity contribution in [3.63, 3.8) is 0 Å². The van der Waals surface area contributed by atoms with Gasteiger partial charge in [-0.2, -0.15) is 5.06 Å². The summed E-state index contributed by atoms with van der Waals surface area (Å²) in [5.74, 6) is -0.567. The fraction of sp³-hybridized carbons (Fsp3) is 0.727. The van der Waals surface area contributed by atoms with Crippen LogP contribution in [0, 0.1) is 5.41 Å². The Hall–Kier alpha value is -1.63. The summed E-state index contributed by atoms with van der Waals surface area (Å²) in [6.07, 6.45) is 1.19. The summed E-state index contributed by atoms with van der Waals surface area (Å²) in [6, 6.07) is -0.148. The molecule has 0 radical (unpaired) electrons. The normalized spacial score (nSPS) is 22.8. The summed E-state index contributed by atoms with van der Waals surface area (Å²) >= 11 is 0. The summed E-state index contributed by atoms with van der Waals surface area (Å²) in [6.45, 7) is 0.965. The number of hydrogen-bond donors (Lipinski definition) is 1. The third kappa shape index (κ3) is 1.84. The van der Waals surface area contributed by atoms with Crippen molar-refractivity contribution in [1.82, 2.24) is 15.3 Å². The zero-order valence-electron chi connectivity index (χ0n) is 10.6. The number of carbonyl (C=O) groups is 3. The van der Waals surface area contributed by atoms with Crippen LogP contribution in [0.3, 0.4) is 0 Å². The highest BCUT2D eigenvalue weighted by Gasteiger charge is 2.53. The fourth-order valence-electron chi connectivity index (χ4n) is 2.64. The molecule has 0 saturated carbocycles. The lowest BCUT2D eigenvalue weighted by atomic mass is 9.77. The van der Waals surface area contributed by atoms with Crippen LogP contribution in [0.4, 0.5) is 4.79 Å². The van der Waals surface area contributed by atoms with Crippen molar-refractivity contribution < 1.29 is 19.2 Å². The highest BCUT2D eigenvalue weighted by molar-refractivity contribution is 6.04. The Balaban J connectivity index is 2.07. The molecule has 0 atom stereocenters. The Labute approximate surface area is 105 Å². The molecule has 0 aliphatic carbocycles. The monoisotopic (exact) mass is 255 g/mol. The van der Waals surface area contributed by atoms with Crippen molar-refractivity contribution in [2.24, 2.45) is 5.41 Å². The average molecular weight is 255 g/mol. The molecule has 2 saturated heterocycles. The highest BCUT2D eigenvalue weighted by atomic mass is 16.7. The van der Waals surface area contributed by atoms with Gasteiger partial charge in [0.1, 0.15) is 0 Å². The van der Waals surface area contributed by atoms with Gasteiger partial charge >= 0.3 is 6.03 Å². The number of likely N-dealkylation sites (tertiary alicyclic amines) is 1. The number of piperidine rings is 1. The van der Waals surface area contributed by atoms with Gasteiger partial charge in [0.15, 0.2) is 0 Å². The van der Waals surface area contributed by atoms with Gasteiger partial charge in [0.05, 0.1) is 12.5 Å². The molecule has 0 aromatic heterocycles. The molecule has 2 aliphatic heterocycles. The van der Waals surface area contributed by atoms with Crippen molar-refractivity contribution in [3.05, 3.63) is 0 Å². The maximum Gasteiger partial charge on any atom is 0.317 e. The van der Waals surface area contributed by atoms with E-state index in [1.807, 2.05) is 0 Å². The molecule has 2 fully saturated rings. The fourth-order valence-corrected chi connectivity index (χ4v) is 2.64. The molecule has 4 amide bonds. The lowest BCUT2D eigenvalue weighted by molar-refractivity contribution is -0.183. The number of urea groups is 1. The first kappa shape index (κ1) is 12.8. The summed E-state index contributed by atoms with van der Waals surface area (Å²) in [5.41, 5.74) is -0.669. The Morgan fingerprint density at radius 3 is 2.39 bits per heavy atom. The number of carbonyl (C=O) groups excluding carboxylic acids is 3. The minimum absolute atomic E-state index is 0.148. The van der Waals surface area contributed by atoms with Crippen molar-refractivity contribution in [2.75, 3.05) is 27.2 Å². The van der Waals surface area contributed by atoms with E-state index in [-0.39, 0.29) is 24.3 Å². The van der Waals surface area contributed by atoms with E-state index in [2.05, 4.69) is 5.32 Å². The maximum atomic E-state index is 12.1. The number of nitrogens with one attached hydrogen (secondary N) is 1. The molecule has 2 heterocycles. The van der Waals surface area contributed by atoms with Crippen LogP contribution >= 0.6 is 0 Å². The predicted octanol–water partition coefficient (Wildman–Crippen LogP) is -0.272. The van der Waals surface area contributed by atoms with E-state index < -0.39 is 5.41 Å². The first-order chi connectivity index (χ1) is 8.54. The number of hydrogen-bond acceptors (Lipinski definition) is 4. The summed E-state index contributed by atoms with van der Waals surface area (Å²) in [7, 11) is 2.89. The topological polar surface area (TPSA) is 79.0 Å². The molecule has 2 aliphatic rings. The van der Waals surface area contributed by atoms with Crippen LogP contribution in [0.2, 0.25) is 0 Å². The second-order valence-electron chi connectivity index (χ2n) is 4.68. The highest BCUT2D eigenvalue weighted by Crippen LogP contribution is 2.42. The van der Waals surface area contributed by atoms with Crippen LogP contribution < -0.4 is 5.32 Å². The summed E-state index contributed by atoms with van der Waals surface area (Å²) in [5, 5.41) is 3.40. The smallest absolute Gasteiger partial charge is 0.317 e. The quantitative estimate of drug-likeness (QED) is 0.654. The van der Waals surface area contributed by atoms with Gasteiger partial charge in [-0.3, -0.25) is 14.4 Å². The second-order valence-corrected chi connectivity index (χ2v) is 4.68. The van der Waals surface area contributed by atoms with Crippen LogP contribution in [0.1, 0.15) is 19.3 Å². The zero-order chi connectivity index (χ0) is 13.3. The third-order valence-corrected chi connectivity index (χ3v) is 3.76. The van der Waals surface area contributed by atoms with Gasteiger partial charge in [0.25, 0.3) is 11.8 Å². The largest absolute Gasteiger partial charge is 0.341 e. The first-order valence-electron chi connectivity index (χ1n) is 5.92. The van der Waals surface area contributed by atoms with Crippen molar-refractivity contribution in [2.45, 2.75) is 19.3 Å². The molecule has 7 heteroatoms. The molecule has 0 bridgehead atoms. The van der Waals surface area contributed by atoms with Gasteiger partial charge in [0, 0.05) is 26.6 Å². The van der Waals surface area contributed by atoms with E-state index in [0.717, 1.165) is 5.06 Å². The molecule has 18 heavy (non-hydrogen) atoms. The van der Waals surface area contributed by atoms with Crippen LogP contribution in [-0.4, -0.2) is 55.1 Å². The zero-order valence-corrected chi connectivity index (χ0v) is 10.6. The van der Waals surface area contributed by atoms with Crippen molar-refractivity contribution >= 4 is 17.8 Å². The van der Waals surface area contributed by atoms with Crippen LogP contribution in [0.5, 0.6) is 0 Å². The van der Waals surface area contributed by atoms with Crippen molar-refractivity contribution in [3.8, 4) is 0 Å². The third-order valence-electron chi connectivity index (χ3n) is 3.76. The van der Waals surface area contributed by atoms with E-state index in [4.69, 9.17) is 4.84 Å². The molecule has 0 aromatic carbocycles. The minimum atomic E-state index is -0.669. The Morgan fingerprint density at radius 2 is 1.94 bits per heavy atom. The molecule has 1 N–H and O–H groups in total. The number of nitrogens with zero attached hydrogens (tertiary/aromatic N) is 2. The first-order valence-corrected chi connectivity index (χ1v) is 5.92. The van der Waals surface area contributed by atoms with Crippen LogP contribution in [-0.2, 0) is 14.4 Å². The molecule has 1 spiro atoms. The molecule has 7 nitrogen and oxygen atoms in total. The Kier molecular flexibility index (Phi) is 3.25. The number of amides is 4. The summed E-state index contributed by atoms with van der Waals surface area (Å²) in [4.78, 5) is 41.7. The Bertz CT molecular complexity index is 388. The molecule has 0 unspecified atom stereocenters. The maximum absolute atomic E-state index is 12.1.